The van der Waals surface area contributed by atoms with Crippen molar-refractivity contribution in [2.75, 3.05) is 6.61 Å². The molecule has 1 aliphatic carbocycles. The first-order chi connectivity index (χ1) is 13.1. The van der Waals surface area contributed by atoms with Gasteiger partial charge in [-0.3, -0.25) is 4.79 Å². The third-order valence-corrected chi connectivity index (χ3v) is 4.84. The van der Waals surface area contributed by atoms with Gasteiger partial charge in [-0.2, -0.15) is 0 Å². The molecule has 3 rings (SSSR count). The summed E-state index contributed by atoms with van der Waals surface area (Å²) in [6.07, 6.45) is 4.31. The van der Waals surface area contributed by atoms with Crippen LogP contribution in [0, 0.1) is 5.82 Å². The number of hydrogen-bond acceptors (Lipinski definition) is 3. The zero-order valence-electron chi connectivity index (χ0n) is 15.3. The largest absolute Gasteiger partial charge is 0.490 e. The molecule has 27 heavy (non-hydrogen) atoms. The SMILES string of the molecule is CCOc1cc(C(=O)NC2CCCC2)cc(Cl)c1OCc1ccc(F)cc1. The van der Waals surface area contributed by atoms with Crippen LogP contribution in [-0.2, 0) is 6.61 Å². The molecule has 144 valence electrons. The van der Waals surface area contributed by atoms with Crippen LogP contribution in [0.15, 0.2) is 36.4 Å². The Morgan fingerprint density at radius 2 is 1.89 bits per heavy atom. The van der Waals surface area contributed by atoms with Crippen molar-refractivity contribution in [1.29, 1.82) is 0 Å². The van der Waals surface area contributed by atoms with Gasteiger partial charge < -0.3 is 14.8 Å². The van der Waals surface area contributed by atoms with Crippen molar-refractivity contribution in [3.05, 3.63) is 58.4 Å². The van der Waals surface area contributed by atoms with Gasteiger partial charge in [0.05, 0.1) is 11.6 Å². The summed E-state index contributed by atoms with van der Waals surface area (Å²) in [6.45, 7) is 2.48. The Morgan fingerprint density at radius 1 is 1.19 bits per heavy atom. The second-order valence-corrected chi connectivity index (χ2v) is 7.00. The molecule has 0 saturated heterocycles. The van der Waals surface area contributed by atoms with Crippen LogP contribution in [0.1, 0.15) is 48.5 Å². The lowest BCUT2D eigenvalue weighted by atomic mass is 10.1. The Hall–Kier alpha value is -2.27. The molecule has 1 aliphatic rings. The molecule has 2 aromatic carbocycles. The average molecular weight is 392 g/mol. The van der Waals surface area contributed by atoms with Crippen LogP contribution in [0.4, 0.5) is 4.39 Å². The Labute approximate surface area is 163 Å². The standard InChI is InChI=1S/C21H23ClFNO3/c1-2-26-19-12-15(21(25)24-17-5-3-4-6-17)11-18(22)20(19)27-13-14-7-9-16(23)10-8-14/h7-12,17H,2-6,13H2,1H3,(H,24,25). The number of carbonyl (C=O) groups excluding carboxylic acids is 1. The van der Waals surface area contributed by atoms with Crippen molar-refractivity contribution >= 4 is 17.5 Å². The fraction of sp³-hybridized carbons (Fsp3) is 0.381. The van der Waals surface area contributed by atoms with Crippen molar-refractivity contribution in [1.82, 2.24) is 5.32 Å². The fourth-order valence-corrected chi connectivity index (χ4v) is 3.44. The van der Waals surface area contributed by atoms with Crippen LogP contribution in [0.5, 0.6) is 11.5 Å². The molecule has 0 spiro atoms. The molecule has 0 aromatic heterocycles. The lowest BCUT2D eigenvalue weighted by Crippen LogP contribution is -2.32. The number of ether oxygens (including phenoxy) is 2. The minimum absolute atomic E-state index is 0.158. The lowest BCUT2D eigenvalue weighted by Gasteiger charge is -2.17. The van der Waals surface area contributed by atoms with Gasteiger partial charge in [-0.25, -0.2) is 4.39 Å². The molecule has 1 saturated carbocycles. The monoisotopic (exact) mass is 391 g/mol. The molecular weight excluding hydrogens is 369 g/mol. The van der Waals surface area contributed by atoms with E-state index in [1.807, 2.05) is 6.92 Å². The topological polar surface area (TPSA) is 47.6 Å². The van der Waals surface area contributed by atoms with Crippen molar-refractivity contribution in [2.24, 2.45) is 0 Å². The summed E-state index contributed by atoms with van der Waals surface area (Å²) in [7, 11) is 0. The molecular formula is C21H23ClFNO3. The molecule has 0 radical (unpaired) electrons. The predicted molar refractivity (Wildman–Crippen MR) is 103 cm³/mol. The number of benzene rings is 2. The number of nitrogens with one attached hydrogen (secondary N) is 1. The van der Waals surface area contributed by atoms with Gasteiger partial charge in [0.15, 0.2) is 11.5 Å². The van der Waals surface area contributed by atoms with Crippen LogP contribution in [0.3, 0.4) is 0 Å². The molecule has 1 N–H and O–H groups in total. The number of amides is 1. The highest BCUT2D eigenvalue weighted by Gasteiger charge is 2.21. The van der Waals surface area contributed by atoms with E-state index in [1.54, 1.807) is 24.3 Å². The van der Waals surface area contributed by atoms with Crippen LogP contribution < -0.4 is 14.8 Å². The molecule has 1 fully saturated rings. The van der Waals surface area contributed by atoms with Gasteiger partial charge in [0.25, 0.3) is 5.91 Å². The number of rotatable bonds is 7. The third kappa shape index (κ3) is 5.13. The normalized spacial score (nSPS) is 14.2. The summed E-state index contributed by atoms with van der Waals surface area (Å²) in [6, 6.07) is 9.51. The fourth-order valence-electron chi connectivity index (χ4n) is 3.18. The van der Waals surface area contributed by atoms with E-state index in [0.717, 1.165) is 31.2 Å². The van der Waals surface area contributed by atoms with E-state index in [9.17, 15) is 9.18 Å². The first-order valence-corrected chi connectivity index (χ1v) is 9.59. The summed E-state index contributed by atoms with van der Waals surface area (Å²) in [5, 5.41) is 3.35. The van der Waals surface area contributed by atoms with E-state index in [-0.39, 0.29) is 24.4 Å². The maximum atomic E-state index is 13.0. The van der Waals surface area contributed by atoms with Gasteiger partial charge in [-0.15, -0.1) is 0 Å². The number of halogens is 2. The van der Waals surface area contributed by atoms with Crippen LogP contribution in [-0.4, -0.2) is 18.6 Å². The Kier molecular flexibility index (Phi) is 6.56. The number of carbonyl (C=O) groups is 1. The summed E-state index contributed by atoms with van der Waals surface area (Å²) < 4.78 is 24.5. The second-order valence-electron chi connectivity index (χ2n) is 6.59. The van der Waals surface area contributed by atoms with Crippen molar-refractivity contribution < 1.29 is 18.7 Å². The summed E-state index contributed by atoms with van der Waals surface area (Å²) in [5.41, 5.74) is 1.25. The van der Waals surface area contributed by atoms with E-state index in [1.165, 1.54) is 12.1 Å². The van der Waals surface area contributed by atoms with E-state index >= 15 is 0 Å². The van der Waals surface area contributed by atoms with Crippen LogP contribution in [0.25, 0.3) is 0 Å². The maximum Gasteiger partial charge on any atom is 0.251 e. The van der Waals surface area contributed by atoms with Gasteiger partial charge >= 0.3 is 0 Å². The average Bonchev–Trinajstić information content (AvgIpc) is 3.15. The quantitative estimate of drug-likeness (QED) is 0.711. The third-order valence-electron chi connectivity index (χ3n) is 4.56. The molecule has 1 amide bonds. The van der Waals surface area contributed by atoms with Crippen LogP contribution in [0.2, 0.25) is 5.02 Å². The molecule has 0 atom stereocenters. The van der Waals surface area contributed by atoms with Gasteiger partial charge in [0.2, 0.25) is 0 Å². The van der Waals surface area contributed by atoms with Crippen molar-refractivity contribution in [3.8, 4) is 11.5 Å². The van der Waals surface area contributed by atoms with E-state index in [4.69, 9.17) is 21.1 Å². The second kappa shape index (κ2) is 9.09. The molecule has 0 bridgehead atoms. The predicted octanol–water partition coefficient (Wildman–Crippen LogP) is 5.13. The molecule has 2 aromatic rings. The van der Waals surface area contributed by atoms with E-state index < -0.39 is 0 Å². The van der Waals surface area contributed by atoms with E-state index in [2.05, 4.69) is 5.32 Å². The van der Waals surface area contributed by atoms with Gasteiger partial charge in [-0.1, -0.05) is 36.6 Å². The first kappa shape index (κ1) is 19.5. The van der Waals surface area contributed by atoms with Crippen LogP contribution >= 0.6 is 11.6 Å². The highest BCUT2D eigenvalue weighted by molar-refractivity contribution is 6.32. The summed E-state index contributed by atoms with van der Waals surface area (Å²) in [4.78, 5) is 12.5. The highest BCUT2D eigenvalue weighted by atomic mass is 35.5. The summed E-state index contributed by atoms with van der Waals surface area (Å²) in [5.74, 6) is 0.336. The smallest absolute Gasteiger partial charge is 0.251 e. The van der Waals surface area contributed by atoms with E-state index in [0.29, 0.717) is 28.7 Å². The minimum Gasteiger partial charge on any atom is -0.490 e. The molecule has 4 nitrogen and oxygen atoms in total. The number of hydrogen-bond donors (Lipinski definition) is 1. The van der Waals surface area contributed by atoms with Gasteiger partial charge in [-0.05, 0) is 49.6 Å². The zero-order chi connectivity index (χ0) is 19.2. The minimum atomic E-state index is -0.301. The molecule has 6 heteroatoms. The first-order valence-electron chi connectivity index (χ1n) is 9.21. The molecule has 0 unspecified atom stereocenters. The maximum absolute atomic E-state index is 13.0. The van der Waals surface area contributed by atoms with Gasteiger partial charge in [0.1, 0.15) is 12.4 Å². The van der Waals surface area contributed by atoms with Gasteiger partial charge in [0, 0.05) is 11.6 Å². The van der Waals surface area contributed by atoms with Crippen molar-refractivity contribution in [2.45, 2.75) is 45.3 Å². The molecule has 0 aliphatic heterocycles. The molecule has 0 heterocycles. The lowest BCUT2D eigenvalue weighted by molar-refractivity contribution is 0.0937. The Bertz CT molecular complexity index is 789. The Balaban J connectivity index is 1.76. The Morgan fingerprint density at radius 3 is 2.56 bits per heavy atom. The summed E-state index contributed by atoms with van der Waals surface area (Å²) >= 11 is 6.38. The van der Waals surface area contributed by atoms with Crippen molar-refractivity contribution in [3.63, 3.8) is 0 Å². The zero-order valence-corrected chi connectivity index (χ0v) is 16.0. The highest BCUT2D eigenvalue weighted by Crippen LogP contribution is 2.37.